The number of halogens is 4. The molecule has 0 aliphatic heterocycles. The number of nitrogen functional groups attached to an aromatic ring is 1. The third kappa shape index (κ3) is 3.85. The van der Waals surface area contributed by atoms with Crippen LogP contribution in [0.25, 0.3) is 0 Å². The lowest BCUT2D eigenvalue weighted by Gasteiger charge is -2.10. The van der Waals surface area contributed by atoms with E-state index in [-0.39, 0.29) is 22.9 Å². The number of carbonyl (C=O) groups excluding carboxylic acids is 1. The number of nitrogens with zero attached hydrogens (tertiary/aromatic N) is 2. The normalized spacial score (nSPS) is 11.3. The Balaban J connectivity index is 2.15. The minimum atomic E-state index is -4.66. The molecule has 0 fully saturated rings. The zero-order valence-corrected chi connectivity index (χ0v) is 11.7. The summed E-state index contributed by atoms with van der Waals surface area (Å²) in [5.74, 6) is -0.491. The quantitative estimate of drug-likeness (QED) is 0.906. The summed E-state index contributed by atoms with van der Waals surface area (Å²) in [7, 11) is 0. The lowest BCUT2D eigenvalue weighted by molar-refractivity contribution is -0.141. The monoisotopic (exact) mass is 330 g/mol. The molecule has 0 spiro atoms. The molecule has 0 aromatic carbocycles. The molecular weight excluding hydrogens is 321 g/mol. The zero-order chi connectivity index (χ0) is 16.3. The van der Waals surface area contributed by atoms with E-state index >= 15 is 0 Å². The Kier molecular flexibility index (Phi) is 4.51. The van der Waals surface area contributed by atoms with Crippen LogP contribution in [0.2, 0.25) is 5.02 Å². The predicted octanol–water partition coefficient (Wildman–Crippen LogP) is 2.66. The van der Waals surface area contributed by atoms with E-state index in [1.807, 2.05) is 0 Å². The molecule has 0 saturated carbocycles. The maximum Gasteiger partial charge on any atom is 0.433 e. The number of hydrogen-bond acceptors (Lipinski definition) is 4. The fraction of sp³-hybridized carbons (Fsp3) is 0.154. The van der Waals surface area contributed by atoms with Crippen LogP contribution in [0.1, 0.15) is 21.7 Å². The van der Waals surface area contributed by atoms with Gasteiger partial charge in [0.1, 0.15) is 11.5 Å². The highest BCUT2D eigenvalue weighted by atomic mass is 35.5. The first-order valence-electron chi connectivity index (χ1n) is 5.99. The van der Waals surface area contributed by atoms with Crippen molar-refractivity contribution in [1.29, 1.82) is 0 Å². The van der Waals surface area contributed by atoms with Gasteiger partial charge in [-0.2, -0.15) is 13.2 Å². The van der Waals surface area contributed by atoms with Crippen molar-refractivity contribution in [3.05, 3.63) is 52.4 Å². The summed E-state index contributed by atoms with van der Waals surface area (Å²) >= 11 is 5.72. The summed E-state index contributed by atoms with van der Waals surface area (Å²) < 4.78 is 37.8. The van der Waals surface area contributed by atoms with E-state index in [2.05, 4.69) is 15.3 Å². The maximum atomic E-state index is 12.6. The van der Waals surface area contributed by atoms with Gasteiger partial charge in [-0.3, -0.25) is 9.78 Å². The van der Waals surface area contributed by atoms with E-state index in [0.29, 0.717) is 11.8 Å². The number of rotatable bonds is 3. The zero-order valence-electron chi connectivity index (χ0n) is 11.0. The lowest BCUT2D eigenvalue weighted by atomic mass is 10.2. The minimum Gasteiger partial charge on any atom is -0.384 e. The molecule has 0 saturated heterocycles. The van der Waals surface area contributed by atoms with Crippen molar-refractivity contribution in [2.24, 2.45) is 0 Å². The van der Waals surface area contributed by atoms with Crippen LogP contribution < -0.4 is 11.1 Å². The second-order valence-electron chi connectivity index (χ2n) is 4.28. The van der Waals surface area contributed by atoms with Gasteiger partial charge in [-0.1, -0.05) is 17.7 Å². The van der Waals surface area contributed by atoms with Crippen LogP contribution in [-0.2, 0) is 12.7 Å². The minimum absolute atomic E-state index is 0.00385. The topological polar surface area (TPSA) is 80.9 Å². The molecule has 0 atom stereocenters. The molecule has 0 bridgehead atoms. The van der Waals surface area contributed by atoms with Gasteiger partial charge in [-0.25, -0.2) is 4.98 Å². The van der Waals surface area contributed by atoms with Crippen LogP contribution in [0, 0.1) is 0 Å². The number of carbonyl (C=O) groups is 1. The molecule has 116 valence electrons. The molecule has 9 heteroatoms. The van der Waals surface area contributed by atoms with Gasteiger partial charge in [0.25, 0.3) is 5.91 Å². The SMILES string of the molecule is Nc1cccc(CNC(=O)c2cc(C(F)(F)F)ncc2Cl)n1. The predicted molar refractivity (Wildman–Crippen MR) is 74.1 cm³/mol. The molecule has 3 N–H and O–H groups in total. The molecule has 0 aliphatic rings. The van der Waals surface area contributed by atoms with Crippen molar-refractivity contribution in [1.82, 2.24) is 15.3 Å². The smallest absolute Gasteiger partial charge is 0.384 e. The Morgan fingerprint density at radius 3 is 2.73 bits per heavy atom. The second-order valence-corrected chi connectivity index (χ2v) is 4.69. The lowest BCUT2D eigenvalue weighted by Crippen LogP contribution is -2.24. The Labute approximate surface area is 128 Å². The first kappa shape index (κ1) is 16.0. The summed E-state index contributed by atoms with van der Waals surface area (Å²) in [6.07, 6.45) is -3.87. The van der Waals surface area contributed by atoms with Crippen LogP contribution in [0.5, 0.6) is 0 Å². The van der Waals surface area contributed by atoms with Crippen LogP contribution in [0.3, 0.4) is 0 Å². The van der Waals surface area contributed by atoms with Gasteiger partial charge < -0.3 is 11.1 Å². The van der Waals surface area contributed by atoms with E-state index in [4.69, 9.17) is 17.3 Å². The molecule has 2 aromatic heterocycles. The first-order chi connectivity index (χ1) is 10.3. The number of aromatic nitrogens is 2. The summed E-state index contributed by atoms with van der Waals surface area (Å²) in [5.41, 5.74) is 4.45. The molecule has 2 heterocycles. The number of alkyl halides is 3. The highest BCUT2D eigenvalue weighted by molar-refractivity contribution is 6.33. The average molecular weight is 331 g/mol. The number of amides is 1. The Morgan fingerprint density at radius 2 is 2.09 bits per heavy atom. The number of pyridine rings is 2. The van der Waals surface area contributed by atoms with Gasteiger partial charge in [-0.15, -0.1) is 0 Å². The van der Waals surface area contributed by atoms with Gasteiger partial charge in [0.05, 0.1) is 22.8 Å². The van der Waals surface area contributed by atoms with Crippen LogP contribution in [0.4, 0.5) is 19.0 Å². The summed E-state index contributed by atoms with van der Waals surface area (Å²) in [6.45, 7) is 0.00385. The van der Waals surface area contributed by atoms with Gasteiger partial charge in [0.2, 0.25) is 0 Å². The van der Waals surface area contributed by atoms with Crippen LogP contribution >= 0.6 is 11.6 Å². The second kappa shape index (κ2) is 6.18. The third-order valence-electron chi connectivity index (χ3n) is 2.65. The molecule has 0 aliphatic carbocycles. The maximum absolute atomic E-state index is 12.6. The highest BCUT2D eigenvalue weighted by Crippen LogP contribution is 2.29. The summed E-state index contributed by atoms with van der Waals surface area (Å²) in [6, 6.07) is 5.43. The van der Waals surface area contributed by atoms with Crippen molar-refractivity contribution in [3.63, 3.8) is 0 Å². The number of nitrogens with one attached hydrogen (secondary N) is 1. The first-order valence-corrected chi connectivity index (χ1v) is 6.37. The molecule has 1 amide bonds. The number of nitrogens with two attached hydrogens (primary N) is 1. The van der Waals surface area contributed by atoms with Crippen LogP contribution in [-0.4, -0.2) is 15.9 Å². The van der Waals surface area contributed by atoms with E-state index in [1.54, 1.807) is 18.2 Å². The van der Waals surface area contributed by atoms with E-state index in [0.717, 1.165) is 6.20 Å². The Bertz CT molecular complexity index is 706. The van der Waals surface area contributed by atoms with E-state index in [1.165, 1.54) is 0 Å². The van der Waals surface area contributed by atoms with Crippen molar-refractivity contribution in [3.8, 4) is 0 Å². The molecule has 0 radical (unpaired) electrons. The van der Waals surface area contributed by atoms with Crippen molar-refractivity contribution in [2.75, 3.05) is 5.73 Å². The van der Waals surface area contributed by atoms with Gasteiger partial charge >= 0.3 is 6.18 Å². The molecule has 2 rings (SSSR count). The standard InChI is InChI=1S/C13H10ClF3N4O/c14-9-6-19-10(13(15,16)17)4-8(9)12(22)20-5-7-2-1-3-11(18)21-7/h1-4,6H,5H2,(H2,18,21)(H,20,22). The molecule has 2 aromatic rings. The number of anilines is 1. The van der Waals surface area contributed by atoms with E-state index < -0.39 is 17.8 Å². The fourth-order valence-corrected chi connectivity index (χ4v) is 1.82. The van der Waals surface area contributed by atoms with Crippen molar-refractivity contribution >= 4 is 23.3 Å². The molecule has 0 unspecified atom stereocenters. The highest BCUT2D eigenvalue weighted by Gasteiger charge is 2.33. The van der Waals surface area contributed by atoms with Crippen molar-refractivity contribution in [2.45, 2.75) is 12.7 Å². The van der Waals surface area contributed by atoms with Crippen LogP contribution in [0.15, 0.2) is 30.5 Å². The van der Waals surface area contributed by atoms with Gasteiger partial charge in [-0.05, 0) is 18.2 Å². The fourth-order valence-electron chi connectivity index (χ4n) is 1.63. The number of hydrogen-bond donors (Lipinski definition) is 2. The summed E-state index contributed by atoms with van der Waals surface area (Å²) in [4.78, 5) is 19.1. The third-order valence-corrected chi connectivity index (χ3v) is 2.95. The molecular formula is C13H10ClF3N4O. The molecule has 5 nitrogen and oxygen atoms in total. The average Bonchev–Trinajstić information content (AvgIpc) is 2.44. The van der Waals surface area contributed by atoms with Crippen molar-refractivity contribution < 1.29 is 18.0 Å². The van der Waals surface area contributed by atoms with E-state index in [9.17, 15) is 18.0 Å². The van der Waals surface area contributed by atoms with Gasteiger partial charge in [0, 0.05) is 6.20 Å². The Hall–Kier alpha value is -2.35. The van der Waals surface area contributed by atoms with Gasteiger partial charge in [0.15, 0.2) is 0 Å². The Morgan fingerprint density at radius 1 is 1.36 bits per heavy atom. The summed E-state index contributed by atoms with van der Waals surface area (Å²) in [5, 5.41) is 2.25. The molecule has 22 heavy (non-hydrogen) atoms. The largest absolute Gasteiger partial charge is 0.433 e.